The standard InChI is InChI=1S/C18H16N2O3S/c1-22-14-8-9-15(23-2)12(10-14)11-16-17(21)20-18(24-16)19-13-6-4-3-5-7-13/h3-11H,1-2H3,(H,19,20,21)/b16-11+. The Kier molecular flexibility index (Phi) is 4.86. The summed E-state index contributed by atoms with van der Waals surface area (Å²) in [6.07, 6.45) is 1.77. The Morgan fingerprint density at radius 2 is 1.88 bits per heavy atom. The minimum atomic E-state index is -0.181. The number of hydrogen-bond donors (Lipinski definition) is 1. The molecule has 24 heavy (non-hydrogen) atoms. The van der Waals surface area contributed by atoms with E-state index >= 15 is 0 Å². The van der Waals surface area contributed by atoms with Crippen molar-refractivity contribution < 1.29 is 14.3 Å². The van der Waals surface area contributed by atoms with Crippen molar-refractivity contribution in [3.63, 3.8) is 0 Å². The van der Waals surface area contributed by atoms with Gasteiger partial charge in [0, 0.05) is 5.56 Å². The Labute approximate surface area is 144 Å². The van der Waals surface area contributed by atoms with Crippen LogP contribution in [0.1, 0.15) is 5.56 Å². The van der Waals surface area contributed by atoms with Gasteiger partial charge in [-0.3, -0.25) is 4.79 Å². The fourth-order valence-electron chi connectivity index (χ4n) is 2.19. The van der Waals surface area contributed by atoms with Gasteiger partial charge in [-0.25, -0.2) is 4.99 Å². The molecule has 1 fully saturated rings. The summed E-state index contributed by atoms with van der Waals surface area (Å²) in [5.74, 6) is 1.19. The molecule has 6 heteroatoms. The van der Waals surface area contributed by atoms with Gasteiger partial charge in [0.15, 0.2) is 5.17 Å². The molecule has 1 N–H and O–H groups in total. The maximum Gasteiger partial charge on any atom is 0.264 e. The van der Waals surface area contributed by atoms with Crippen molar-refractivity contribution in [3.05, 3.63) is 59.0 Å². The van der Waals surface area contributed by atoms with Crippen molar-refractivity contribution in [3.8, 4) is 11.5 Å². The van der Waals surface area contributed by atoms with Crippen LogP contribution >= 0.6 is 11.8 Å². The van der Waals surface area contributed by atoms with Crippen LogP contribution in [0.15, 0.2) is 58.4 Å². The van der Waals surface area contributed by atoms with Gasteiger partial charge in [-0.05, 0) is 48.2 Å². The van der Waals surface area contributed by atoms with Gasteiger partial charge in [0.25, 0.3) is 5.91 Å². The summed E-state index contributed by atoms with van der Waals surface area (Å²) in [4.78, 5) is 17.2. The van der Waals surface area contributed by atoms with E-state index in [4.69, 9.17) is 9.47 Å². The molecule has 0 spiro atoms. The van der Waals surface area contributed by atoms with Crippen LogP contribution in [0.25, 0.3) is 6.08 Å². The van der Waals surface area contributed by atoms with Crippen LogP contribution in [0.5, 0.6) is 11.5 Å². The zero-order valence-corrected chi connectivity index (χ0v) is 14.1. The largest absolute Gasteiger partial charge is 0.497 e. The number of nitrogens with zero attached hydrogens (tertiary/aromatic N) is 1. The zero-order chi connectivity index (χ0) is 16.9. The van der Waals surface area contributed by atoms with Gasteiger partial charge in [-0.1, -0.05) is 18.2 Å². The summed E-state index contributed by atoms with van der Waals surface area (Å²) in [7, 11) is 3.19. The van der Waals surface area contributed by atoms with Gasteiger partial charge in [0.1, 0.15) is 11.5 Å². The van der Waals surface area contributed by atoms with E-state index < -0.39 is 0 Å². The van der Waals surface area contributed by atoms with Crippen molar-refractivity contribution in [2.75, 3.05) is 14.2 Å². The van der Waals surface area contributed by atoms with Crippen LogP contribution < -0.4 is 14.8 Å². The first-order chi connectivity index (χ1) is 11.7. The molecule has 0 aliphatic carbocycles. The summed E-state index contributed by atoms with van der Waals surface area (Å²) in [5.41, 5.74) is 1.57. The number of amides is 1. The van der Waals surface area contributed by atoms with Crippen LogP contribution in [0.4, 0.5) is 5.69 Å². The monoisotopic (exact) mass is 340 g/mol. The SMILES string of the molecule is COc1ccc(OC)c(/C=C2/SC(=Nc3ccccc3)NC2=O)c1. The summed E-state index contributed by atoms with van der Waals surface area (Å²) < 4.78 is 10.6. The van der Waals surface area contributed by atoms with Gasteiger partial charge >= 0.3 is 0 Å². The quantitative estimate of drug-likeness (QED) is 0.864. The first-order valence-corrected chi connectivity index (χ1v) is 8.08. The third-order valence-electron chi connectivity index (χ3n) is 3.36. The molecule has 1 aliphatic rings. The van der Waals surface area contributed by atoms with Crippen molar-refractivity contribution in [2.45, 2.75) is 0 Å². The second-order valence-electron chi connectivity index (χ2n) is 4.93. The fraction of sp³-hybridized carbons (Fsp3) is 0.111. The number of nitrogens with one attached hydrogen (secondary N) is 1. The minimum absolute atomic E-state index is 0.181. The highest BCUT2D eigenvalue weighted by Gasteiger charge is 2.24. The lowest BCUT2D eigenvalue weighted by Crippen LogP contribution is -2.19. The fourth-order valence-corrected chi connectivity index (χ4v) is 3.03. The van der Waals surface area contributed by atoms with Crippen molar-refractivity contribution in [2.24, 2.45) is 4.99 Å². The molecule has 5 nitrogen and oxygen atoms in total. The van der Waals surface area contributed by atoms with E-state index in [1.165, 1.54) is 11.8 Å². The molecule has 0 aromatic heterocycles. The third-order valence-corrected chi connectivity index (χ3v) is 4.27. The molecule has 3 rings (SSSR count). The van der Waals surface area contributed by atoms with E-state index in [0.29, 0.717) is 21.6 Å². The molecule has 0 bridgehead atoms. The number of benzene rings is 2. The van der Waals surface area contributed by atoms with Crippen LogP contribution in [0.3, 0.4) is 0 Å². The molecule has 2 aromatic carbocycles. The average molecular weight is 340 g/mol. The minimum Gasteiger partial charge on any atom is -0.497 e. The lowest BCUT2D eigenvalue weighted by atomic mass is 10.1. The molecule has 1 aliphatic heterocycles. The second-order valence-corrected chi connectivity index (χ2v) is 5.96. The van der Waals surface area contributed by atoms with E-state index in [1.807, 2.05) is 48.5 Å². The first-order valence-electron chi connectivity index (χ1n) is 7.26. The maximum atomic E-state index is 12.2. The molecular formula is C18H16N2O3S. The number of carbonyl (C=O) groups excluding carboxylic acids is 1. The molecule has 1 amide bonds. The number of carbonyl (C=O) groups is 1. The molecule has 0 saturated carbocycles. The average Bonchev–Trinajstić information content (AvgIpc) is 2.94. The molecule has 2 aromatic rings. The van der Waals surface area contributed by atoms with Crippen molar-refractivity contribution in [1.29, 1.82) is 0 Å². The predicted octanol–water partition coefficient (Wildman–Crippen LogP) is 3.60. The van der Waals surface area contributed by atoms with Crippen molar-refractivity contribution >= 4 is 34.6 Å². The van der Waals surface area contributed by atoms with Gasteiger partial charge < -0.3 is 14.8 Å². The molecule has 1 saturated heterocycles. The first kappa shape index (κ1) is 16.1. The highest BCUT2D eigenvalue weighted by Crippen LogP contribution is 2.32. The summed E-state index contributed by atoms with van der Waals surface area (Å²) in [5, 5.41) is 3.33. The molecule has 0 atom stereocenters. The normalized spacial score (nSPS) is 17.2. The Bertz CT molecular complexity index is 816. The third kappa shape index (κ3) is 3.60. The van der Waals surface area contributed by atoms with E-state index in [-0.39, 0.29) is 5.91 Å². The number of rotatable bonds is 4. The van der Waals surface area contributed by atoms with Crippen LogP contribution in [0.2, 0.25) is 0 Å². The maximum absolute atomic E-state index is 12.2. The Morgan fingerprint density at radius 1 is 1.08 bits per heavy atom. The highest BCUT2D eigenvalue weighted by atomic mass is 32.2. The summed E-state index contributed by atoms with van der Waals surface area (Å²) in [6, 6.07) is 14.9. The molecular weight excluding hydrogens is 324 g/mol. The highest BCUT2D eigenvalue weighted by molar-refractivity contribution is 8.18. The summed E-state index contributed by atoms with van der Waals surface area (Å²) in [6.45, 7) is 0. The second kappa shape index (κ2) is 7.23. The molecule has 122 valence electrons. The smallest absolute Gasteiger partial charge is 0.264 e. The topological polar surface area (TPSA) is 59.9 Å². The number of aliphatic imine (C=N–C) groups is 1. The Morgan fingerprint density at radius 3 is 2.58 bits per heavy atom. The van der Waals surface area contributed by atoms with Crippen molar-refractivity contribution in [1.82, 2.24) is 5.32 Å². The van der Waals surface area contributed by atoms with E-state index in [2.05, 4.69) is 10.3 Å². The predicted molar refractivity (Wildman–Crippen MR) is 96.8 cm³/mol. The van der Waals surface area contributed by atoms with Crippen LogP contribution in [0, 0.1) is 0 Å². The lowest BCUT2D eigenvalue weighted by Gasteiger charge is -2.07. The number of hydrogen-bond acceptors (Lipinski definition) is 5. The number of ether oxygens (including phenoxy) is 2. The van der Waals surface area contributed by atoms with Crippen LogP contribution in [-0.2, 0) is 4.79 Å². The zero-order valence-electron chi connectivity index (χ0n) is 13.3. The number of para-hydroxylation sites is 1. The van der Waals surface area contributed by atoms with Gasteiger partial charge in [0.05, 0.1) is 24.8 Å². The van der Waals surface area contributed by atoms with Gasteiger partial charge in [-0.15, -0.1) is 0 Å². The lowest BCUT2D eigenvalue weighted by molar-refractivity contribution is -0.115. The molecule has 0 radical (unpaired) electrons. The molecule has 1 heterocycles. The summed E-state index contributed by atoms with van der Waals surface area (Å²) >= 11 is 1.30. The number of thioether (sulfide) groups is 1. The molecule has 0 unspecified atom stereocenters. The number of methoxy groups -OCH3 is 2. The Balaban J connectivity index is 1.89. The van der Waals surface area contributed by atoms with Gasteiger partial charge in [-0.2, -0.15) is 0 Å². The van der Waals surface area contributed by atoms with Crippen LogP contribution in [-0.4, -0.2) is 25.3 Å². The number of amidine groups is 1. The van der Waals surface area contributed by atoms with E-state index in [1.54, 1.807) is 20.3 Å². The Hall–Kier alpha value is -2.73. The van der Waals surface area contributed by atoms with E-state index in [9.17, 15) is 4.79 Å². The van der Waals surface area contributed by atoms with E-state index in [0.717, 1.165) is 11.3 Å². The van der Waals surface area contributed by atoms with Gasteiger partial charge in [0.2, 0.25) is 0 Å².